The van der Waals surface area contributed by atoms with Crippen LogP contribution in [-0.4, -0.2) is 9.55 Å². The summed E-state index contributed by atoms with van der Waals surface area (Å²) in [6, 6.07) is 0. The maximum absolute atomic E-state index is 6.85. The number of rotatable bonds is 0. The first-order valence-corrected chi connectivity index (χ1v) is 1.59. The fourth-order valence-electron chi connectivity index (χ4n) is 0.259. The average Bonchev–Trinajstić information content (AvgIpc) is 2.08. The maximum Gasteiger partial charge on any atom is 0.0943 e. The van der Waals surface area contributed by atoms with Crippen LogP contribution in [-0.2, 0) is 6.98 Å². The van der Waals surface area contributed by atoms with Crippen molar-refractivity contribution in [3.63, 3.8) is 0 Å². The van der Waals surface area contributed by atoms with E-state index in [4.69, 9.17) is 4.11 Å². The molecular formula is C4H6N2. The number of aryl methyl sites for hydroxylation is 1. The molecule has 2 heteroatoms. The van der Waals surface area contributed by atoms with E-state index < -0.39 is 6.98 Å². The van der Waals surface area contributed by atoms with Crippen molar-refractivity contribution in [2.45, 2.75) is 0 Å². The van der Waals surface area contributed by atoms with Crippen LogP contribution < -0.4 is 0 Å². The minimum absolute atomic E-state index is 1.08. The zero-order chi connectivity index (χ0) is 6.91. The molecule has 1 aromatic rings. The number of imidazole rings is 1. The summed E-state index contributed by atoms with van der Waals surface area (Å²) in [4.78, 5) is 3.59. The Morgan fingerprint density at radius 1 is 2.00 bits per heavy atom. The van der Waals surface area contributed by atoms with Crippen LogP contribution in [0.4, 0.5) is 0 Å². The predicted octanol–water partition coefficient (Wildman–Crippen LogP) is 0.420. The smallest absolute Gasteiger partial charge is 0.0943 e. The van der Waals surface area contributed by atoms with Crippen molar-refractivity contribution >= 4 is 0 Å². The Morgan fingerprint density at radius 2 is 3.00 bits per heavy atom. The van der Waals surface area contributed by atoms with Gasteiger partial charge in [-0.15, -0.1) is 0 Å². The summed E-state index contributed by atoms with van der Waals surface area (Å²) in [7, 11) is 0. The zero-order valence-corrected chi connectivity index (χ0v) is 3.13. The van der Waals surface area contributed by atoms with Crippen molar-refractivity contribution in [1.29, 1.82) is 0 Å². The molecule has 0 aromatic carbocycles. The second-order valence-corrected chi connectivity index (χ2v) is 0.970. The van der Waals surface area contributed by atoms with Gasteiger partial charge < -0.3 is 4.57 Å². The number of hydrogen-bond acceptors (Lipinski definition) is 1. The third-order valence-corrected chi connectivity index (χ3v) is 0.504. The number of hydrogen-bond donors (Lipinski definition) is 0. The summed E-state index contributed by atoms with van der Waals surface area (Å²) in [5, 5.41) is 0. The van der Waals surface area contributed by atoms with Crippen molar-refractivity contribution < 1.29 is 4.11 Å². The Balaban J connectivity index is 2.90. The van der Waals surface area contributed by atoms with E-state index in [9.17, 15) is 0 Å². The van der Waals surface area contributed by atoms with Gasteiger partial charge in [0.2, 0.25) is 0 Å². The molecule has 0 atom stereocenters. The molecule has 0 unspecified atom stereocenters. The van der Waals surface area contributed by atoms with Gasteiger partial charge in [-0.1, -0.05) is 0 Å². The molecule has 1 aromatic heterocycles. The standard InChI is InChI=1S/C4H6N2/c1-6-3-2-5-4-6/h2-4H,1H3/i1D3. The maximum atomic E-state index is 6.85. The fourth-order valence-corrected chi connectivity index (χ4v) is 0.259. The highest BCUT2D eigenvalue weighted by atomic mass is 15.0. The highest BCUT2D eigenvalue weighted by Gasteiger charge is 1.69. The highest BCUT2D eigenvalue weighted by Crippen LogP contribution is 1.73. The van der Waals surface area contributed by atoms with E-state index in [1.165, 1.54) is 18.7 Å². The molecular weight excluding hydrogens is 76.1 g/mol. The minimum atomic E-state index is -2.07. The second kappa shape index (κ2) is 1.12. The van der Waals surface area contributed by atoms with Crippen molar-refractivity contribution in [1.82, 2.24) is 9.55 Å². The van der Waals surface area contributed by atoms with E-state index >= 15 is 0 Å². The average molecular weight is 85.1 g/mol. The Bertz CT molecular complexity index is 176. The van der Waals surface area contributed by atoms with Crippen LogP contribution in [0.25, 0.3) is 0 Å². The lowest BCUT2D eigenvalue weighted by Gasteiger charge is -1.76. The topological polar surface area (TPSA) is 17.8 Å². The van der Waals surface area contributed by atoms with Gasteiger partial charge in [0.15, 0.2) is 0 Å². The summed E-state index contributed by atoms with van der Waals surface area (Å²) in [6.45, 7) is -2.07. The van der Waals surface area contributed by atoms with E-state index in [1.54, 1.807) is 0 Å². The largest absolute Gasteiger partial charge is 0.341 e. The molecule has 0 radical (unpaired) electrons. The monoisotopic (exact) mass is 85.1 g/mol. The lowest BCUT2D eigenvalue weighted by Crippen LogP contribution is -1.76. The minimum Gasteiger partial charge on any atom is -0.341 e. The van der Waals surface area contributed by atoms with Crippen molar-refractivity contribution in [3.05, 3.63) is 18.7 Å². The molecule has 0 aliphatic heterocycles. The molecule has 2 nitrogen and oxygen atoms in total. The van der Waals surface area contributed by atoms with Crippen LogP contribution in [0.2, 0.25) is 0 Å². The number of nitrogens with zero attached hydrogens (tertiary/aromatic N) is 2. The number of aromatic nitrogens is 2. The summed E-state index contributed by atoms with van der Waals surface area (Å²) in [6.07, 6.45) is 4.12. The fraction of sp³-hybridized carbons (Fsp3) is 0.250. The van der Waals surface area contributed by atoms with Crippen LogP contribution in [0.3, 0.4) is 0 Å². The van der Waals surface area contributed by atoms with E-state index in [0.29, 0.717) is 0 Å². The van der Waals surface area contributed by atoms with Gasteiger partial charge in [-0.3, -0.25) is 0 Å². The first-order chi connectivity index (χ1) is 4.11. The van der Waals surface area contributed by atoms with Gasteiger partial charge in [-0.25, -0.2) is 4.98 Å². The molecule has 0 saturated carbocycles. The van der Waals surface area contributed by atoms with E-state index in [-0.39, 0.29) is 0 Å². The van der Waals surface area contributed by atoms with Crippen molar-refractivity contribution in [2.24, 2.45) is 6.98 Å². The molecule has 1 rings (SSSR count). The van der Waals surface area contributed by atoms with Gasteiger partial charge in [-0.2, -0.15) is 0 Å². The van der Waals surface area contributed by atoms with Gasteiger partial charge in [-0.05, 0) is 0 Å². The Kier molecular flexibility index (Phi) is 0.257. The summed E-state index contributed by atoms with van der Waals surface area (Å²) in [5.41, 5.74) is 0. The Hall–Kier alpha value is -0.790. The normalized spacial score (nSPS) is 18.3. The van der Waals surface area contributed by atoms with E-state index in [2.05, 4.69) is 4.98 Å². The van der Waals surface area contributed by atoms with Crippen LogP contribution in [0.15, 0.2) is 18.7 Å². The highest BCUT2D eigenvalue weighted by molar-refractivity contribution is 4.70. The lowest BCUT2D eigenvalue weighted by atomic mass is 10.9. The second-order valence-electron chi connectivity index (χ2n) is 0.970. The summed E-state index contributed by atoms with van der Waals surface area (Å²) < 4.78 is 21.6. The van der Waals surface area contributed by atoms with Crippen molar-refractivity contribution in [2.75, 3.05) is 0 Å². The Morgan fingerprint density at radius 3 is 3.33 bits per heavy atom. The molecule has 0 amide bonds. The van der Waals surface area contributed by atoms with Crippen LogP contribution in [0, 0.1) is 0 Å². The van der Waals surface area contributed by atoms with Gasteiger partial charge >= 0.3 is 0 Å². The van der Waals surface area contributed by atoms with Crippen molar-refractivity contribution in [3.8, 4) is 0 Å². The molecule has 0 N–H and O–H groups in total. The molecule has 0 saturated heterocycles. The van der Waals surface area contributed by atoms with Crippen LogP contribution in [0.1, 0.15) is 4.11 Å². The predicted molar refractivity (Wildman–Crippen MR) is 23.2 cm³/mol. The molecule has 0 bridgehead atoms. The van der Waals surface area contributed by atoms with Gasteiger partial charge in [0.1, 0.15) is 0 Å². The van der Waals surface area contributed by atoms with Gasteiger partial charge in [0, 0.05) is 23.5 Å². The Labute approximate surface area is 40.7 Å². The van der Waals surface area contributed by atoms with Crippen LogP contribution in [0.5, 0.6) is 0 Å². The van der Waals surface area contributed by atoms with Crippen LogP contribution >= 0.6 is 0 Å². The third kappa shape index (κ3) is 0.407. The first kappa shape index (κ1) is 1.37. The first-order valence-electron chi connectivity index (χ1n) is 3.09. The molecule has 0 fully saturated rings. The van der Waals surface area contributed by atoms with E-state index in [1.807, 2.05) is 0 Å². The summed E-state index contributed by atoms with van der Waals surface area (Å²) in [5.74, 6) is 0. The quantitative estimate of drug-likeness (QED) is 0.446. The molecule has 32 valence electrons. The molecule has 0 aliphatic carbocycles. The zero-order valence-electron chi connectivity index (χ0n) is 6.13. The summed E-state index contributed by atoms with van der Waals surface area (Å²) >= 11 is 0. The third-order valence-electron chi connectivity index (χ3n) is 0.504. The molecule has 6 heavy (non-hydrogen) atoms. The molecule has 0 aliphatic rings. The van der Waals surface area contributed by atoms with Gasteiger partial charge in [0.05, 0.1) is 6.33 Å². The van der Waals surface area contributed by atoms with Gasteiger partial charge in [0.25, 0.3) is 0 Å². The van der Waals surface area contributed by atoms with E-state index in [0.717, 1.165) is 4.57 Å². The molecule has 0 spiro atoms. The SMILES string of the molecule is [2H]C([2H])([2H])n1ccnc1. The molecule has 1 heterocycles. The lowest BCUT2D eigenvalue weighted by molar-refractivity contribution is 0.913.